The molecule has 1 aromatic carbocycles. The lowest BCUT2D eigenvalue weighted by Crippen LogP contribution is -2.43. The Morgan fingerprint density at radius 1 is 1.14 bits per heavy atom. The number of thioether (sulfide) groups is 1. The van der Waals surface area contributed by atoms with Crippen molar-refractivity contribution < 1.29 is 4.79 Å². The molecule has 154 valence electrons. The van der Waals surface area contributed by atoms with Gasteiger partial charge in [-0.3, -0.25) is 9.78 Å². The molecule has 2 atom stereocenters. The lowest BCUT2D eigenvalue weighted by molar-refractivity contribution is 0.0744. The van der Waals surface area contributed by atoms with Gasteiger partial charge in [0.1, 0.15) is 5.69 Å². The monoisotopic (exact) mass is 410 g/mol. The molecule has 2 aromatic rings. The van der Waals surface area contributed by atoms with Crippen molar-refractivity contribution in [3.05, 3.63) is 60.4 Å². The van der Waals surface area contributed by atoms with Crippen LogP contribution < -0.4 is 0 Å². The third-order valence-electron chi connectivity index (χ3n) is 6.05. The van der Waals surface area contributed by atoms with Crippen LogP contribution >= 0.6 is 11.8 Å². The predicted octanol–water partition coefficient (Wildman–Crippen LogP) is 2.81. The van der Waals surface area contributed by atoms with Crippen LogP contribution in [0.25, 0.3) is 0 Å². The minimum Gasteiger partial charge on any atom is -0.336 e. The molecule has 1 aromatic heterocycles. The third-order valence-corrected chi connectivity index (χ3v) is 7.04. The summed E-state index contributed by atoms with van der Waals surface area (Å²) >= 11 is 1.93. The van der Waals surface area contributed by atoms with Crippen LogP contribution in [0.2, 0.25) is 0 Å². The first-order valence-corrected chi connectivity index (χ1v) is 11.3. The van der Waals surface area contributed by atoms with E-state index in [4.69, 9.17) is 0 Å². The molecule has 0 unspecified atom stereocenters. The lowest BCUT2D eigenvalue weighted by atomic mass is 9.80. The molecule has 2 fully saturated rings. The van der Waals surface area contributed by atoms with E-state index >= 15 is 0 Å². The molecule has 0 N–H and O–H groups in total. The number of rotatable bonds is 7. The van der Waals surface area contributed by atoms with E-state index in [9.17, 15) is 4.79 Å². The largest absolute Gasteiger partial charge is 0.336 e. The zero-order valence-electron chi connectivity index (χ0n) is 17.3. The van der Waals surface area contributed by atoms with E-state index in [0.29, 0.717) is 11.6 Å². The molecule has 2 saturated heterocycles. The van der Waals surface area contributed by atoms with Gasteiger partial charge in [0.2, 0.25) is 0 Å². The van der Waals surface area contributed by atoms with E-state index in [1.165, 1.54) is 4.90 Å². The molecule has 0 saturated carbocycles. The Morgan fingerprint density at radius 2 is 1.93 bits per heavy atom. The highest BCUT2D eigenvalue weighted by Crippen LogP contribution is 2.43. The van der Waals surface area contributed by atoms with Crippen molar-refractivity contribution in [3.63, 3.8) is 0 Å². The fourth-order valence-electron chi connectivity index (χ4n) is 4.93. The molecule has 0 radical (unpaired) electrons. The van der Waals surface area contributed by atoms with Crippen LogP contribution in [-0.2, 0) is 0 Å². The molecule has 2 aliphatic heterocycles. The maximum atomic E-state index is 12.9. The second-order valence-electron chi connectivity index (χ2n) is 8.59. The number of carbonyl (C=O) groups excluding carboxylic acids is 1. The minimum atomic E-state index is 0.0734. The van der Waals surface area contributed by atoms with Crippen molar-refractivity contribution in [2.75, 3.05) is 59.1 Å². The highest BCUT2D eigenvalue weighted by molar-refractivity contribution is 7.99. The van der Waals surface area contributed by atoms with E-state index in [2.05, 4.69) is 59.2 Å². The number of hydrogen-bond acceptors (Lipinski definition) is 5. The number of fused-ring (bicyclic) bond motifs is 1. The average molecular weight is 411 g/mol. The standard InChI is InChI=1S/C23H30N4OS/c1-25(2)16-23-17-26(12-13-29-20-8-4-3-5-9-20)14-19(23)15-27(18-23)22(28)21-10-6-7-11-24-21/h3-11,19H,12-18H2,1-2H3/t19-,23+/m0/s1. The first-order valence-electron chi connectivity index (χ1n) is 10.3. The Balaban J connectivity index is 1.38. The molecule has 1 amide bonds. The van der Waals surface area contributed by atoms with Gasteiger partial charge in [0.15, 0.2) is 0 Å². The second-order valence-corrected chi connectivity index (χ2v) is 9.76. The van der Waals surface area contributed by atoms with Crippen LogP contribution in [-0.4, -0.2) is 84.7 Å². The smallest absolute Gasteiger partial charge is 0.272 e. The molecule has 2 aliphatic rings. The van der Waals surface area contributed by atoms with Crippen molar-refractivity contribution in [1.82, 2.24) is 19.7 Å². The summed E-state index contributed by atoms with van der Waals surface area (Å²) in [5.41, 5.74) is 0.717. The molecule has 6 heteroatoms. The molecule has 4 rings (SSSR count). The fourth-order valence-corrected chi connectivity index (χ4v) is 5.86. The number of aromatic nitrogens is 1. The normalized spacial score (nSPS) is 24.2. The van der Waals surface area contributed by atoms with E-state index in [0.717, 1.165) is 45.0 Å². The number of carbonyl (C=O) groups is 1. The van der Waals surface area contributed by atoms with Gasteiger partial charge in [0, 0.05) is 61.5 Å². The van der Waals surface area contributed by atoms with Crippen molar-refractivity contribution in [2.24, 2.45) is 11.3 Å². The quantitative estimate of drug-likeness (QED) is 0.657. The van der Waals surface area contributed by atoms with Crippen molar-refractivity contribution in [2.45, 2.75) is 4.90 Å². The molecule has 0 bridgehead atoms. The highest BCUT2D eigenvalue weighted by atomic mass is 32.2. The summed E-state index contributed by atoms with van der Waals surface area (Å²) in [5.74, 6) is 1.70. The van der Waals surface area contributed by atoms with Crippen molar-refractivity contribution in [1.29, 1.82) is 0 Å². The number of hydrogen-bond donors (Lipinski definition) is 0. The van der Waals surface area contributed by atoms with Crippen molar-refractivity contribution in [3.8, 4) is 0 Å². The third kappa shape index (κ3) is 4.65. The Bertz CT molecular complexity index is 816. The van der Waals surface area contributed by atoms with Crippen LogP contribution in [0.5, 0.6) is 0 Å². The first kappa shape index (κ1) is 20.4. The number of likely N-dealkylation sites (tertiary alicyclic amines) is 2. The summed E-state index contributed by atoms with van der Waals surface area (Å²) in [4.78, 5) is 25.5. The second kappa shape index (κ2) is 8.86. The molecular formula is C23H30N4OS. The Hall–Kier alpha value is -1.89. The first-order chi connectivity index (χ1) is 14.1. The Morgan fingerprint density at radius 3 is 2.66 bits per heavy atom. The lowest BCUT2D eigenvalue weighted by Gasteiger charge is -2.32. The SMILES string of the molecule is CN(C)C[C@]12CN(CCSc3ccccc3)C[C@H]1CN(C(=O)c1ccccn1)C2. The van der Waals surface area contributed by atoms with Crippen LogP contribution in [0.1, 0.15) is 10.5 Å². The van der Waals surface area contributed by atoms with Crippen LogP contribution in [0, 0.1) is 11.3 Å². The number of nitrogens with zero attached hydrogens (tertiary/aromatic N) is 4. The van der Waals surface area contributed by atoms with E-state index in [1.807, 2.05) is 34.9 Å². The highest BCUT2D eigenvalue weighted by Gasteiger charge is 2.53. The van der Waals surface area contributed by atoms with Gasteiger partial charge in [-0.1, -0.05) is 24.3 Å². The molecule has 3 heterocycles. The fraction of sp³-hybridized carbons (Fsp3) is 0.478. The van der Waals surface area contributed by atoms with Gasteiger partial charge in [0.25, 0.3) is 5.91 Å². The topological polar surface area (TPSA) is 39.7 Å². The summed E-state index contributed by atoms with van der Waals surface area (Å²) in [6.45, 7) is 5.93. The molecule has 5 nitrogen and oxygen atoms in total. The Labute approximate surface area is 178 Å². The summed E-state index contributed by atoms with van der Waals surface area (Å²) in [5, 5.41) is 0. The zero-order valence-corrected chi connectivity index (χ0v) is 18.1. The van der Waals surface area contributed by atoms with Gasteiger partial charge < -0.3 is 14.7 Å². The van der Waals surface area contributed by atoms with E-state index in [-0.39, 0.29) is 11.3 Å². The average Bonchev–Trinajstić information content (AvgIpc) is 3.21. The van der Waals surface area contributed by atoms with Crippen LogP contribution in [0.4, 0.5) is 0 Å². The molecule has 29 heavy (non-hydrogen) atoms. The number of amides is 1. The Kier molecular flexibility index (Phi) is 6.23. The maximum absolute atomic E-state index is 12.9. The van der Waals surface area contributed by atoms with Gasteiger partial charge in [-0.25, -0.2) is 0 Å². The molecular weight excluding hydrogens is 380 g/mol. The summed E-state index contributed by atoms with van der Waals surface area (Å²) in [6, 6.07) is 16.2. The summed E-state index contributed by atoms with van der Waals surface area (Å²) in [6.07, 6.45) is 1.70. The summed E-state index contributed by atoms with van der Waals surface area (Å²) in [7, 11) is 4.28. The van der Waals surface area contributed by atoms with Gasteiger partial charge in [0.05, 0.1) is 0 Å². The van der Waals surface area contributed by atoms with Crippen LogP contribution in [0.15, 0.2) is 59.6 Å². The van der Waals surface area contributed by atoms with Gasteiger partial charge >= 0.3 is 0 Å². The minimum absolute atomic E-state index is 0.0734. The molecule has 0 aliphatic carbocycles. The van der Waals surface area contributed by atoms with Gasteiger partial charge in [-0.05, 0) is 44.3 Å². The zero-order chi connectivity index (χ0) is 20.3. The van der Waals surface area contributed by atoms with E-state index < -0.39 is 0 Å². The number of benzene rings is 1. The van der Waals surface area contributed by atoms with Crippen molar-refractivity contribution >= 4 is 17.7 Å². The van der Waals surface area contributed by atoms with Gasteiger partial charge in [-0.15, -0.1) is 11.8 Å². The maximum Gasteiger partial charge on any atom is 0.272 e. The van der Waals surface area contributed by atoms with Crippen LogP contribution in [0.3, 0.4) is 0 Å². The predicted molar refractivity (Wildman–Crippen MR) is 118 cm³/mol. The van der Waals surface area contributed by atoms with Gasteiger partial charge in [-0.2, -0.15) is 0 Å². The molecule has 0 spiro atoms. The summed E-state index contributed by atoms with van der Waals surface area (Å²) < 4.78 is 0. The van der Waals surface area contributed by atoms with E-state index in [1.54, 1.807) is 6.20 Å². The number of pyridine rings is 1.